The third kappa shape index (κ3) is 4.50. The third-order valence-corrected chi connectivity index (χ3v) is 5.53. The Morgan fingerprint density at radius 1 is 0.968 bits per heavy atom. The minimum absolute atomic E-state index is 0.0402. The van der Waals surface area contributed by atoms with Gasteiger partial charge in [0, 0.05) is 45.0 Å². The van der Waals surface area contributed by atoms with Gasteiger partial charge >= 0.3 is 6.03 Å². The summed E-state index contributed by atoms with van der Waals surface area (Å²) in [5.41, 5.74) is 0.786. The SMILES string of the molecule is CCOc1ccc(N2CCN(CC(=O)N3CCN(C(=O)c4ccco4)CC3)C2=O)cc1. The van der Waals surface area contributed by atoms with Crippen LogP contribution < -0.4 is 9.64 Å². The summed E-state index contributed by atoms with van der Waals surface area (Å²) >= 11 is 0. The zero-order valence-corrected chi connectivity index (χ0v) is 17.5. The maximum Gasteiger partial charge on any atom is 0.325 e. The standard InChI is InChI=1S/C22H26N4O5/c1-2-30-18-7-5-17(6-8-18)26-14-13-25(22(26)29)16-20(27)23-9-11-24(12-10-23)21(28)19-4-3-15-31-19/h3-8,15H,2,9-14,16H2,1H3. The number of furan rings is 1. The van der Waals surface area contributed by atoms with E-state index in [2.05, 4.69) is 0 Å². The van der Waals surface area contributed by atoms with E-state index in [0.29, 0.717) is 51.6 Å². The summed E-state index contributed by atoms with van der Waals surface area (Å²) in [4.78, 5) is 44.5. The second-order valence-electron chi connectivity index (χ2n) is 7.43. The van der Waals surface area contributed by atoms with Crippen LogP contribution in [-0.2, 0) is 4.79 Å². The predicted molar refractivity (Wildman–Crippen MR) is 113 cm³/mol. The van der Waals surface area contributed by atoms with Gasteiger partial charge in [0.2, 0.25) is 5.91 Å². The molecule has 2 saturated heterocycles. The molecular weight excluding hydrogens is 400 g/mol. The summed E-state index contributed by atoms with van der Waals surface area (Å²) in [6, 6.07) is 10.5. The Morgan fingerprint density at radius 2 is 1.68 bits per heavy atom. The van der Waals surface area contributed by atoms with Crippen LogP contribution in [0.5, 0.6) is 5.75 Å². The highest BCUT2D eigenvalue weighted by atomic mass is 16.5. The molecule has 3 heterocycles. The molecule has 164 valence electrons. The first-order chi connectivity index (χ1) is 15.1. The molecule has 9 nitrogen and oxygen atoms in total. The molecule has 9 heteroatoms. The largest absolute Gasteiger partial charge is 0.494 e. The van der Waals surface area contributed by atoms with E-state index in [4.69, 9.17) is 9.15 Å². The van der Waals surface area contributed by atoms with E-state index >= 15 is 0 Å². The molecule has 2 aliphatic rings. The third-order valence-electron chi connectivity index (χ3n) is 5.53. The van der Waals surface area contributed by atoms with Crippen LogP contribution in [0.3, 0.4) is 0 Å². The number of urea groups is 1. The van der Waals surface area contributed by atoms with E-state index in [1.807, 2.05) is 31.2 Å². The highest BCUT2D eigenvalue weighted by Gasteiger charge is 2.33. The van der Waals surface area contributed by atoms with Gasteiger partial charge in [-0.3, -0.25) is 14.5 Å². The van der Waals surface area contributed by atoms with Crippen molar-refractivity contribution < 1.29 is 23.5 Å². The van der Waals surface area contributed by atoms with Crippen LogP contribution in [0.15, 0.2) is 47.1 Å². The maximum atomic E-state index is 12.8. The van der Waals surface area contributed by atoms with Crippen molar-refractivity contribution in [1.82, 2.24) is 14.7 Å². The maximum absolute atomic E-state index is 12.8. The number of hydrogen-bond donors (Lipinski definition) is 0. The highest BCUT2D eigenvalue weighted by Crippen LogP contribution is 2.23. The molecule has 0 bridgehead atoms. The van der Waals surface area contributed by atoms with Gasteiger partial charge in [-0.05, 0) is 43.3 Å². The van der Waals surface area contributed by atoms with Crippen LogP contribution in [0, 0.1) is 0 Å². The lowest BCUT2D eigenvalue weighted by Crippen LogP contribution is -2.52. The van der Waals surface area contributed by atoms with E-state index < -0.39 is 0 Å². The Kier molecular flexibility index (Phi) is 6.11. The van der Waals surface area contributed by atoms with Crippen molar-refractivity contribution in [2.24, 2.45) is 0 Å². The summed E-state index contributed by atoms with van der Waals surface area (Å²) in [6.07, 6.45) is 1.47. The molecule has 2 aromatic rings. The Hall–Kier alpha value is -3.49. The Bertz CT molecular complexity index is 920. The van der Waals surface area contributed by atoms with Crippen molar-refractivity contribution in [3.05, 3.63) is 48.4 Å². The van der Waals surface area contributed by atoms with Crippen LogP contribution >= 0.6 is 0 Å². The van der Waals surface area contributed by atoms with Crippen LogP contribution in [0.25, 0.3) is 0 Å². The first-order valence-electron chi connectivity index (χ1n) is 10.5. The van der Waals surface area contributed by atoms with Crippen molar-refractivity contribution >= 4 is 23.5 Å². The van der Waals surface area contributed by atoms with Gasteiger partial charge in [-0.2, -0.15) is 0 Å². The second kappa shape index (κ2) is 9.11. The molecule has 2 aliphatic heterocycles. The van der Waals surface area contributed by atoms with Gasteiger partial charge in [0.25, 0.3) is 5.91 Å². The number of ether oxygens (including phenoxy) is 1. The van der Waals surface area contributed by atoms with Gasteiger partial charge in [-0.1, -0.05) is 0 Å². The average Bonchev–Trinajstić information content (AvgIpc) is 3.45. The number of benzene rings is 1. The van der Waals surface area contributed by atoms with Gasteiger partial charge in [0.15, 0.2) is 5.76 Å². The fourth-order valence-corrected chi connectivity index (χ4v) is 3.84. The molecule has 0 spiro atoms. The zero-order chi connectivity index (χ0) is 21.8. The minimum atomic E-state index is -0.177. The topological polar surface area (TPSA) is 86.5 Å². The number of piperazine rings is 1. The lowest BCUT2D eigenvalue weighted by molar-refractivity contribution is -0.133. The zero-order valence-electron chi connectivity index (χ0n) is 17.5. The Morgan fingerprint density at radius 3 is 2.32 bits per heavy atom. The summed E-state index contributed by atoms with van der Waals surface area (Å²) in [5.74, 6) is 0.788. The fraction of sp³-hybridized carbons (Fsp3) is 0.409. The molecule has 0 aliphatic carbocycles. The molecule has 0 unspecified atom stereocenters. The summed E-state index contributed by atoms with van der Waals surface area (Å²) in [6.45, 7) is 5.34. The predicted octanol–water partition coefficient (Wildman–Crippen LogP) is 1.90. The number of anilines is 1. The number of amides is 4. The number of nitrogens with zero attached hydrogens (tertiary/aromatic N) is 4. The molecule has 31 heavy (non-hydrogen) atoms. The second-order valence-corrected chi connectivity index (χ2v) is 7.43. The van der Waals surface area contributed by atoms with Crippen LogP contribution in [-0.4, -0.2) is 85.0 Å². The number of rotatable bonds is 6. The summed E-state index contributed by atoms with van der Waals surface area (Å²) in [5, 5.41) is 0. The Labute approximate surface area is 180 Å². The molecular formula is C22H26N4O5. The number of carbonyl (C=O) groups excluding carboxylic acids is 3. The van der Waals surface area contributed by atoms with Crippen LogP contribution in [0.1, 0.15) is 17.5 Å². The molecule has 1 aromatic heterocycles. The van der Waals surface area contributed by atoms with Crippen molar-refractivity contribution in [3.63, 3.8) is 0 Å². The van der Waals surface area contributed by atoms with Crippen molar-refractivity contribution in [1.29, 1.82) is 0 Å². The van der Waals surface area contributed by atoms with E-state index in [1.165, 1.54) is 6.26 Å². The van der Waals surface area contributed by atoms with E-state index in [0.717, 1.165) is 11.4 Å². The van der Waals surface area contributed by atoms with Gasteiger partial charge in [-0.25, -0.2) is 4.79 Å². The molecule has 0 N–H and O–H groups in total. The quantitative estimate of drug-likeness (QED) is 0.704. The van der Waals surface area contributed by atoms with E-state index in [1.54, 1.807) is 31.7 Å². The summed E-state index contributed by atoms with van der Waals surface area (Å²) < 4.78 is 10.6. The summed E-state index contributed by atoms with van der Waals surface area (Å²) in [7, 11) is 0. The minimum Gasteiger partial charge on any atom is -0.494 e. The molecule has 0 radical (unpaired) electrons. The number of carbonyl (C=O) groups is 3. The smallest absolute Gasteiger partial charge is 0.325 e. The fourth-order valence-electron chi connectivity index (χ4n) is 3.84. The van der Waals surface area contributed by atoms with E-state index in [-0.39, 0.29) is 24.4 Å². The average molecular weight is 426 g/mol. The molecule has 0 saturated carbocycles. The Balaban J connectivity index is 1.28. The molecule has 2 fully saturated rings. The van der Waals surface area contributed by atoms with Gasteiger partial charge in [0.1, 0.15) is 12.3 Å². The lowest BCUT2D eigenvalue weighted by Gasteiger charge is -2.35. The van der Waals surface area contributed by atoms with Gasteiger partial charge in [-0.15, -0.1) is 0 Å². The molecule has 4 amide bonds. The first-order valence-corrected chi connectivity index (χ1v) is 10.5. The van der Waals surface area contributed by atoms with Crippen LogP contribution in [0.2, 0.25) is 0 Å². The first kappa shape index (κ1) is 20.8. The number of hydrogen-bond acceptors (Lipinski definition) is 5. The van der Waals surface area contributed by atoms with Crippen molar-refractivity contribution in [2.75, 3.05) is 57.3 Å². The van der Waals surface area contributed by atoms with Gasteiger partial charge in [0.05, 0.1) is 12.9 Å². The molecule has 4 rings (SSSR count). The normalized spacial score (nSPS) is 16.7. The van der Waals surface area contributed by atoms with E-state index in [9.17, 15) is 14.4 Å². The van der Waals surface area contributed by atoms with Crippen molar-refractivity contribution in [3.8, 4) is 5.75 Å². The molecule has 0 atom stereocenters. The lowest BCUT2D eigenvalue weighted by atomic mass is 10.2. The molecule has 1 aromatic carbocycles. The van der Waals surface area contributed by atoms with Crippen molar-refractivity contribution in [2.45, 2.75) is 6.92 Å². The monoisotopic (exact) mass is 426 g/mol. The highest BCUT2D eigenvalue weighted by molar-refractivity contribution is 5.96. The van der Waals surface area contributed by atoms with Crippen LogP contribution in [0.4, 0.5) is 10.5 Å². The van der Waals surface area contributed by atoms with Gasteiger partial charge < -0.3 is 23.9 Å².